The van der Waals surface area contributed by atoms with Crippen LogP contribution in [0.15, 0.2) is 30.3 Å². The van der Waals surface area contributed by atoms with Crippen molar-refractivity contribution in [2.75, 3.05) is 37.7 Å². The third-order valence-electron chi connectivity index (χ3n) is 4.92. The molecular formula is C22H28N4O4. The van der Waals surface area contributed by atoms with Gasteiger partial charge in [0.15, 0.2) is 0 Å². The number of piperazine rings is 1. The molecule has 1 N–H and O–H groups in total. The summed E-state index contributed by atoms with van der Waals surface area (Å²) >= 11 is 0. The van der Waals surface area contributed by atoms with E-state index in [1.165, 1.54) is 12.1 Å². The van der Waals surface area contributed by atoms with Gasteiger partial charge in [0.05, 0.1) is 12.3 Å². The Balaban J connectivity index is 1.78. The minimum absolute atomic E-state index is 0.0533. The van der Waals surface area contributed by atoms with Gasteiger partial charge in [-0.05, 0) is 25.1 Å². The molecule has 0 atom stereocenters. The van der Waals surface area contributed by atoms with Gasteiger partial charge in [-0.15, -0.1) is 0 Å². The van der Waals surface area contributed by atoms with Crippen LogP contribution in [0.4, 0.5) is 5.82 Å². The first-order valence-corrected chi connectivity index (χ1v) is 10.1. The van der Waals surface area contributed by atoms with Crippen LogP contribution in [0.25, 0.3) is 0 Å². The number of amides is 1. The number of esters is 1. The van der Waals surface area contributed by atoms with Gasteiger partial charge < -0.3 is 19.6 Å². The van der Waals surface area contributed by atoms with Crippen molar-refractivity contribution in [1.82, 2.24) is 14.9 Å². The van der Waals surface area contributed by atoms with Gasteiger partial charge in [0.25, 0.3) is 5.91 Å². The Morgan fingerprint density at radius 2 is 1.80 bits per heavy atom. The molecule has 1 saturated heterocycles. The summed E-state index contributed by atoms with van der Waals surface area (Å²) in [5, 5.41) is 9.62. The fourth-order valence-electron chi connectivity index (χ4n) is 3.23. The Hall–Kier alpha value is -3.16. The number of benzene rings is 1. The first-order valence-electron chi connectivity index (χ1n) is 10.1. The largest absolute Gasteiger partial charge is 0.508 e. The molecule has 1 aliphatic heterocycles. The average Bonchev–Trinajstić information content (AvgIpc) is 2.72. The first kappa shape index (κ1) is 21.5. The molecule has 0 radical (unpaired) electrons. The van der Waals surface area contributed by atoms with Crippen LogP contribution in [0.2, 0.25) is 0 Å². The van der Waals surface area contributed by atoms with E-state index in [2.05, 4.69) is 9.97 Å². The highest BCUT2D eigenvalue weighted by molar-refractivity contribution is 5.94. The third-order valence-corrected chi connectivity index (χ3v) is 4.92. The van der Waals surface area contributed by atoms with Crippen LogP contribution in [-0.4, -0.2) is 64.6 Å². The number of carbonyl (C=O) groups is 2. The summed E-state index contributed by atoms with van der Waals surface area (Å²) in [5.41, 5.74) is 0.963. The molecule has 2 heterocycles. The topological polar surface area (TPSA) is 95.9 Å². The third kappa shape index (κ3) is 4.87. The number of rotatable bonds is 4. The smallest absolute Gasteiger partial charge is 0.376 e. The molecule has 160 valence electrons. The summed E-state index contributed by atoms with van der Waals surface area (Å²) in [6, 6.07) is 8.26. The molecule has 1 aromatic heterocycles. The lowest BCUT2D eigenvalue weighted by atomic mass is 9.92. The summed E-state index contributed by atoms with van der Waals surface area (Å²) in [6.07, 6.45) is 0. The first-order chi connectivity index (χ1) is 14.2. The van der Waals surface area contributed by atoms with Crippen molar-refractivity contribution in [2.24, 2.45) is 0 Å². The van der Waals surface area contributed by atoms with E-state index in [4.69, 9.17) is 4.74 Å². The van der Waals surface area contributed by atoms with Crippen molar-refractivity contribution >= 4 is 17.7 Å². The summed E-state index contributed by atoms with van der Waals surface area (Å²) < 4.78 is 5.09. The zero-order chi connectivity index (χ0) is 21.9. The second-order valence-electron chi connectivity index (χ2n) is 8.24. The zero-order valence-corrected chi connectivity index (χ0v) is 17.9. The van der Waals surface area contributed by atoms with Crippen molar-refractivity contribution < 1.29 is 19.4 Å². The highest BCUT2D eigenvalue weighted by atomic mass is 16.5. The fourth-order valence-corrected chi connectivity index (χ4v) is 3.23. The molecule has 2 aromatic rings. The number of anilines is 1. The van der Waals surface area contributed by atoms with Crippen LogP contribution in [0.3, 0.4) is 0 Å². The molecule has 0 spiro atoms. The van der Waals surface area contributed by atoms with Gasteiger partial charge in [-0.1, -0.05) is 26.8 Å². The number of nitrogens with zero attached hydrogens (tertiary/aromatic N) is 4. The van der Waals surface area contributed by atoms with Crippen molar-refractivity contribution in [1.29, 1.82) is 0 Å². The number of carbonyl (C=O) groups excluding carboxylic acids is 2. The van der Waals surface area contributed by atoms with Crippen LogP contribution in [0.1, 0.15) is 54.4 Å². The Labute approximate surface area is 176 Å². The molecule has 0 aliphatic carbocycles. The standard InChI is InChI=1S/C22H28N4O4/c1-5-30-21(29)19-23-17(22(2,3)4)14-18(24-19)25-9-11-26(12-10-25)20(28)15-7-6-8-16(27)13-15/h6-8,13-14,27H,5,9-12H2,1-4H3. The highest BCUT2D eigenvalue weighted by Crippen LogP contribution is 2.25. The predicted octanol–water partition coefficient (Wildman–Crippen LogP) is 2.62. The van der Waals surface area contributed by atoms with E-state index in [0.29, 0.717) is 37.6 Å². The van der Waals surface area contributed by atoms with Gasteiger partial charge in [0.1, 0.15) is 11.6 Å². The molecule has 8 heteroatoms. The van der Waals surface area contributed by atoms with Crippen molar-refractivity contribution in [2.45, 2.75) is 33.1 Å². The second kappa shape index (κ2) is 8.69. The minimum atomic E-state index is -0.539. The van der Waals surface area contributed by atoms with Crippen LogP contribution in [0, 0.1) is 0 Å². The summed E-state index contributed by atoms with van der Waals surface area (Å²) in [5.74, 6) is 0.125. The van der Waals surface area contributed by atoms with E-state index in [0.717, 1.165) is 5.69 Å². The highest BCUT2D eigenvalue weighted by Gasteiger charge is 2.26. The molecule has 1 aromatic carbocycles. The zero-order valence-electron chi connectivity index (χ0n) is 17.9. The normalized spacial score (nSPS) is 14.5. The predicted molar refractivity (Wildman–Crippen MR) is 113 cm³/mol. The maximum Gasteiger partial charge on any atom is 0.376 e. The molecule has 8 nitrogen and oxygen atoms in total. The van der Waals surface area contributed by atoms with Gasteiger partial charge in [-0.3, -0.25) is 4.79 Å². The van der Waals surface area contributed by atoms with Crippen LogP contribution in [-0.2, 0) is 10.2 Å². The van der Waals surface area contributed by atoms with Gasteiger partial charge >= 0.3 is 5.97 Å². The number of aromatic nitrogens is 2. The lowest BCUT2D eigenvalue weighted by molar-refractivity contribution is 0.0511. The second-order valence-corrected chi connectivity index (χ2v) is 8.24. The monoisotopic (exact) mass is 412 g/mol. The molecule has 0 unspecified atom stereocenters. The number of hydrogen-bond acceptors (Lipinski definition) is 7. The molecule has 1 fully saturated rings. The quantitative estimate of drug-likeness (QED) is 0.771. The Kier molecular flexibility index (Phi) is 6.24. The number of phenolic OH excluding ortho intramolecular Hbond substituents is 1. The summed E-state index contributed by atoms with van der Waals surface area (Å²) in [6.45, 7) is 10.3. The van der Waals surface area contributed by atoms with Gasteiger partial charge in [0.2, 0.25) is 5.82 Å². The Morgan fingerprint density at radius 1 is 1.10 bits per heavy atom. The molecule has 1 amide bonds. The van der Waals surface area contributed by atoms with Crippen molar-refractivity contribution in [3.05, 3.63) is 47.4 Å². The van der Waals surface area contributed by atoms with Crippen LogP contribution in [0.5, 0.6) is 5.75 Å². The van der Waals surface area contributed by atoms with E-state index >= 15 is 0 Å². The number of phenols is 1. The number of aromatic hydroxyl groups is 1. The maximum absolute atomic E-state index is 12.7. The number of hydrogen-bond donors (Lipinski definition) is 1. The van der Waals surface area contributed by atoms with Crippen LogP contribution < -0.4 is 4.90 Å². The molecule has 1 aliphatic rings. The Bertz CT molecular complexity index is 931. The van der Waals surface area contributed by atoms with Crippen molar-refractivity contribution in [3.63, 3.8) is 0 Å². The Morgan fingerprint density at radius 3 is 2.40 bits per heavy atom. The molecular weight excluding hydrogens is 384 g/mol. The summed E-state index contributed by atoms with van der Waals surface area (Å²) in [4.78, 5) is 37.6. The molecule has 3 rings (SSSR count). The SMILES string of the molecule is CCOC(=O)c1nc(N2CCN(C(=O)c3cccc(O)c3)CC2)cc(C(C)(C)C)n1. The minimum Gasteiger partial charge on any atom is -0.508 e. The molecule has 0 bridgehead atoms. The van der Waals surface area contributed by atoms with Gasteiger partial charge in [-0.2, -0.15) is 0 Å². The van der Waals surface area contributed by atoms with Gasteiger partial charge in [-0.25, -0.2) is 14.8 Å². The maximum atomic E-state index is 12.7. The van der Waals surface area contributed by atoms with Gasteiger partial charge in [0, 0.05) is 43.2 Å². The van der Waals surface area contributed by atoms with E-state index in [1.54, 1.807) is 24.0 Å². The average molecular weight is 412 g/mol. The molecule has 0 saturated carbocycles. The van der Waals surface area contributed by atoms with E-state index in [9.17, 15) is 14.7 Å². The molecule has 30 heavy (non-hydrogen) atoms. The van der Waals surface area contributed by atoms with Crippen LogP contribution >= 0.6 is 0 Å². The summed E-state index contributed by atoms with van der Waals surface area (Å²) in [7, 11) is 0. The lowest BCUT2D eigenvalue weighted by Crippen LogP contribution is -2.49. The number of ether oxygens (including phenoxy) is 1. The van der Waals surface area contributed by atoms with Crippen molar-refractivity contribution in [3.8, 4) is 5.75 Å². The van der Waals surface area contributed by atoms with E-state index < -0.39 is 5.97 Å². The fraction of sp³-hybridized carbons (Fsp3) is 0.455. The van der Waals surface area contributed by atoms with E-state index in [-0.39, 0.29) is 29.5 Å². The van der Waals surface area contributed by atoms with E-state index in [1.807, 2.05) is 31.7 Å². The lowest BCUT2D eigenvalue weighted by Gasteiger charge is -2.36.